The maximum Gasteiger partial charge on any atom is 0.243 e. The van der Waals surface area contributed by atoms with Crippen LogP contribution in [0.3, 0.4) is 0 Å². The molecule has 1 aromatic heterocycles. The van der Waals surface area contributed by atoms with Crippen molar-refractivity contribution in [2.75, 3.05) is 37.6 Å². The van der Waals surface area contributed by atoms with Crippen LogP contribution in [0.5, 0.6) is 0 Å². The van der Waals surface area contributed by atoms with Crippen molar-refractivity contribution in [2.45, 2.75) is 43.5 Å². The van der Waals surface area contributed by atoms with E-state index in [1.807, 2.05) is 38.1 Å². The van der Waals surface area contributed by atoms with Gasteiger partial charge in [-0.15, -0.1) is 0 Å². The number of sulfonamides is 1. The van der Waals surface area contributed by atoms with Gasteiger partial charge in [0.1, 0.15) is 0 Å². The monoisotopic (exact) mass is 452 g/mol. The van der Waals surface area contributed by atoms with E-state index in [1.54, 1.807) is 10.4 Å². The molecule has 7 heteroatoms. The highest BCUT2D eigenvalue weighted by Gasteiger charge is 2.55. The zero-order valence-electron chi connectivity index (χ0n) is 18.9. The molecule has 1 spiro atoms. The average Bonchev–Trinajstić information content (AvgIpc) is 3.42. The van der Waals surface area contributed by atoms with Crippen molar-refractivity contribution in [1.82, 2.24) is 14.6 Å². The number of nitrogens with zero attached hydrogens (tertiary/aromatic N) is 2. The van der Waals surface area contributed by atoms with Crippen LogP contribution in [0, 0.1) is 0 Å². The number of H-pyrrole nitrogens is 1. The molecule has 0 radical (unpaired) electrons. The van der Waals surface area contributed by atoms with Crippen molar-refractivity contribution in [1.29, 1.82) is 0 Å². The molecular weight excluding hydrogens is 420 g/mol. The Morgan fingerprint density at radius 2 is 1.69 bits per heavy atom. The van der Waals surface area contributed by atoms with Gasteiger partial charge in [0.2, 0.25) is 10.0 Å². The quantitative estimate of drug-likeness (QED) is 0.623. The predicted molar refractivity (Wildman–Crippen MR) is 131 cm³/mol. The molecule has 0 bridgehead atoms. The highest BCUT2D eigenvalue weighted by atomic mass is 32.2. The van der Waals surface area contributed by atoms with Crippen LogP contribution in [-0.2, 0) is 10.0 Å². The summed E-state index contributed by atoms with van der Waals surface area (Å²) < 4.78 is 28.7. The molecule has 0 aliphatic carbocycles. The van der Waals surface area contributed by atoms with E-state index in [9.17, 15) is 8.42 Å². The van der Waals surface area contributed by atoms with Gasteiger partial charge in [0.05, 0.1) is 10.4 Å². The van der Waals surface area contributed by atoms with E-state index in [4.69, 9.17) is 0 Å². The number of anilines is 1. The van der Waals surface area contributed by atoms with Crippen LogP contribution in [0.1, 0.15) is 33.1 Å². The molecular formula is C25H32N4O2S. The lowest BCUT2D eigenvalue weighted by atomic mass is 9.82. The molecule has 3 aromatic rings. The van der Waals surface area contributed by atoms with E-state index >= 15 is 0 Å². The van der Waals surface area contributed by atoms with Crippen LogP contribution < -0.4 is 10.2 Å². The number of fused-ring (bicyclic) bond motifs is 1. The number of aromatic amines is 1. The first-order chi connectivity index (χ1) is 15.6. The largest absolute Gasteiger partial charge is 0.371 e. The van der Waals surface area contributed by atoms with Crippen LogP contribution in [0.25, 0.3) is 22.2 Å². The van der Waals surface area contributed by atoms with Crippen molar-refractivity contribution < 1.29 is 8.42 Å². The van der Waals surface area contributed by atoms with Gasteiger partial charge in [-0.1, -0.05) is 32.0 Å². The van der Waals surface area contributed by atoms with E-state index in [0.717, 1.165) is 60.4 Å². The fourth-order valence-corrected chi connectivity index (χ4v) is 6.96. The van der Waals surface area contributed by atoms with Gasteiger partial charge in [0, 0.05) is 60.6 Å². The van der Waals surface area contributed by atoms with Gasteiger partial charge >= 0.3 is 0 Å². The van der Waals surface area contributed by atoms with Crippen molar-refractivity contribution in [2.24, 2.45) is 0 Å². The third kappa shape index (κ3) is 3.34. The summed E-state index contributed by atoms with van der Waals surface area (Å²) in [5, 5.41) is 4.37. The fourth-order valence-electron chi connectivity index (χ4n) is 5.13. The van der Waals surface area contributed by atoms with Crippen LogP contribution in [0.15, 0.2) is 53.4 Å². The topological polar surface area (TPSA) is 68.4 Å². The molecule has 6 rings (SSSR count). The zero-order chi connectivity index (χ0) is 22.3. The maximum absolute atomic E-state index is 13.5. The Morgan fingerprint density at radius 1 is 0.938 bits per heavy atom. The van der Waals surface area contributed by atoms with Gasteiger partial charge in [-0.2, -0.15) is 4.31 Å². The zero-order valence-corrected chi connectivity index (χ0v) is 19.7. The molecule has 3 aliphatic heterocycles. The summed E-state index contributed by atoms with van der Waals surface area (Å²) in [6.45, 7) is 8.15. The van der Waals surface area contributed by atoms with E-state index in [2.05, 4.69) is 33.4 Å². The molecule has 3 fully saturated rings. The molecule has 2 N–H and O–H groups in total. The summed E-state index contributed by atoms with van der Waals surface area (Å²) in [5.41, 5.74) is 3.92. The molecule has 0 saturated carbocycles. The summed E-state index contributed by atoms with van der Waals surface area (Å²) in [7, 11) is -3.51. The van der Waals surface area contributed by atoms with Crippen LogP contribution in [0.4, 0.5) is 5.69 Å². The minimum atomic E-state index is -3.51. The Kier molecular flexibility index (Phi) is 5.51. The van der Waals surface area contributed by atoms with Gasteiger partial charge in [-0.05, 0) is 49.6 Å². The normalized spacial score (nSPS) is 20.0. The molecule has 3 aliphatic rings. The lowest BCUT2D eigenvalue weighted by Gasteiger charge is -2.57. The van der Waals surface area contributed by atoms with Crippen molar-refractivity contribution in [3.8, 4) is 11.3 Å². The minimum absolute atomic E-state index is 0.201. The molecule has 32 heavy (non-hydrogen) atoms. The third-order valence-electron chi connectivity index (χ3n) is 7.04. The SMILES string of the molecule is CC.O=S(=O)(c1ccc(N2CCCC2)c(-c2cc3ccccc3[nH]2)c1)N1CCC12CNC2. The fraction of sp³-hybridized carbons (Fsp3) is 0.440. The number of nitrogens with one attached hydrogen (secondary N) is 2. The molecule has 4 heterocycles. The summed E-state index contributed by atoms with van der Waals surface area (Å²) in [5.74, 6) is 0. The molecule has 0 amide bonds. The summed E-state index contributed by atoms with van der Waals surface area (Å²) in [6.07, 6.45) is 3.30. The molecule has 0 unspecified atom stereocenters. The third-order valence-corrected chi connectivity index (χ3v) is 9.04. The Balaban J connectivity index is 0.00000105. The Morgan fingerprint density at radius 3 is 2.31 bits per heavy atom. The number of hydrogen-bond donors (Lipinski definition) is 2. The van der Waals surface area contributed by atoms with Gasteiger partial charge in [-0.25, -0.2) is 8.42 Å². The van der Waals surface area contributed by atoms with Gasteiger partial charge in [0.15, 0.2) is 0 Å². The second kappa shape index (κ2) is 8.21. The van der Waals surface area contributed by atoms with Crippen molar-refractivity contribution in [3.05, 3.63) is 48.5 Å². The predicted octanol–water partition coefficient (Wildman–Crippen LogP) is 4.20. The van der Waals surface area contributed by atoms with Crippen LogP contribution in [0.2, 0.25) is 0 Å². The standard InChI is InChI=1S/C23H26N4O2S.C2H6/c28-30(29,27-12-9-23(27)15-24-16-23)18-7-8-22(26-10-3-4-11-26)19(14-18)21-13-17-5-1-2-6-20(17)25-21;1-2/h1-2,5-8,13-14,24-25H,3-4,9-12,15-16H2;1-2H3. The number of benzene rings is 2. The van der Waals surface area contributed by atoms with E-state index in [0.29, 0.717) is 11.4 Å². The molecule has 3 saturated heterocycles. The van der Waals surface area contributed by atoms with Gasteiger partial charge < -0.3 is 15.2 Å². The van der Waals surface area contributed by atoms with E-state index < -0.39 is 10.0 Å². The summed E-state index contributed by atoms with van der Waals surface area (Å²) in [4.78, 5) is 6.27. The lowest BCUT2D eigenvalue weighted by molar-refractivity contribution is 0.0199. The molecule has 170 valence electrons. The Hall–Kier alpha value is -2.35. The Labute approximate surface area is 190 Å². The highest BCUT2D eigenvalue weighted by molar-refractivity contribution is 7.89. The first-order valence-electron chi connectivity index (χ1n) is 11.8. The lowest BCUT2D eigenvalue weighted by Crippen LogP contribution is -2.76. The van der Waals surface area contributed by atoms with Crippen LogP contribution in [-0.4, -0.2) is 56.0 Å². The summed E-state index contributed by atoms with van der Waals surface area (Å²) >= 11 is 0. The van der Waals surface area contributed by atoms with E-state index in [-0.39, 0.29) is 5.54 Å². The van der Waals surface area contributed by atoms with Crippen molar-refractivity contribution >= 4 is 26.6 Å². The van der Waals surface area contributed by atoms with E-state index in [1.165, 1.54) is 12.8 Å². The Bertz CT molecular complexity index is 1190. The van der Waals surface area contributed by atoms with Gasteiger partial charge in [0.25, 0.3) is 0 Å². The first kappa shape index (κ1) is 21.5. The maximum atomic E-state index is 13.5. The van der Waals surface area contributed by atoms with Gasteiger partial charge in [-0.3, -0.25) is 0 Å². The number of rotatable bonds is 4. The second-order valence-electron chi connectivity index (χ2n) is 8.80. The number of hydrogen-bond acceptors (Lipinski definition) is 4. The minimum Gasteiger partial charge on any atom is -0.371 e. The number of aromatic nitrogens is 1. The smallest absolute Gasteiger partial charge is 0.243 e. The number of para-hydroxylation sites is 1. The average molecular weight is 453 g/mol. The van der Waals surface area contributed by atoms with Crippen molar-refractivity contribution in [3.63, 3.8) is 0 Å². The molecule has 2 aromatic carbocycles. The van der Waals surface area contributed by atoms with Crippen LogP contribution >= 0.6 is 0 Å². The highest BCUT2D eigenvalue weighted by Crippen LogP contribution is 2.41. The first-order valence-corrected chi connectivity index (χ1v) is 13.2. The molecule has 6 nitrogen and oxygen atoms in total. The second-order valence-corrected chi connectivity index (χ2v) is 10.7. The molecule has 0 atom stereocenters. The summed E-state index contributed by atoms with van der Waals surface area (Å²) in [6, 6.07) is 16.0.